The molecule has 96 valence electrons. The molecule has 0 saturated carbocycles. The topological polar surface area (TPSA) is 52.3 Å². The molecule has 1 atom stereocenters. The van der Waals surface area contributed by atoms with Crippen LogP contribution in [0.1, 0.15) is 24.9 Å². The van der Waals surface area contributed by atoms with E-state index in [0.717, 1.165) is 0 Å². The Morgan fingerprint density at radius 3 is 2.29 bits per heavy atom. The van der Waals surface area contributed by atoms with Gasteiger partial charge in [-0.15, -0.1) is 12.4 Å². The van der Waals surface area contributed by atoms with Crippen molar-refractivity contribution in [1.82, 2.24) is 0 Å². The second kappa shape index (κ2) is 7.19. The van der Waals surface area contributed by atoms with Crippen molar-refractivity contribution in [3.05, 3.63) is 29.8 Å². The predicted octanol–water partition coefficient (Wildman–Crippen LogP) is 2.69. The van der Waals surface area contributed by atoms with Gasteiger partial charge >= 0.3 is 5.97 Å². The van der Waals surface area contributed by atoms with Crippen molar-refractivity contribution in [3.8, 4) is 5.75 Å². The molecule has 0 amide bonds. The minimum Gasteiger partial charge on any atom is -0.427 e. The zero-order valence-electron chi connectivity index (χ0n) is 9.23. The van der Waals surface area contributed by atoms with Gasteiger partial charge in [-0.3, -0.25) is 4.79 Å². The molecule has 1 rings (SSSR count). The molecule has 1 aromatic carbocycles. The van der Waals surface area contributed by atoms with Gasteiger partial charge in [0.2, 0.25) is 6.43 Å². The van der Waals surface area contributed by atoms with Crippen LogP contribution in [0.5, 0.6) is 5.75 Å². The quantitative estimate of drug-likeness (QED) is 0.673. The van der Waals surface area contributed by atoms with Gasteiger partial charge in [-0.1, -0.05) is 12.1 Å². The lowest BCUT2D eigenvalue weighted by Gasteiger charge is -2.11. The van der Waals surface area contributed by atoms with Gasteiger partial charge in [-0.2, -0.15) is 0 Å². The summed E-state index contributed by atoms with van der Waals surface area (Å²) in [5, 5.41) is 0. The van der Waals surface area contributed by atoms with Gasteiger partial charge in [0.15, 0.2) is 0 Å². The third-order valence-electron chi connectivity index (χ3n) is 2.00. The molecule has 0 heterocycles. The summed E-state index contributed by atoms with van der Waals surface area (Å²) in [5.41, 5.74) is 6.15. The van der Waals surface area contributed by atoms with Gasteiger partial charge in [0.25, 0.3) is 0 Å². The van der Waals surface area contributed by atoms with E-state index in [1.54, 1.807) is 12.1 Å². The number of carbonyl (C=O) groups is 1. The van der Waals surface area contributed by atoms with Gasteiger partial charge in [-0.05, 0) is 17.7 Å². The maximum absolute atomic E-state index is 12.1. The van der Waals surface area contributed by atoms with Crippen molar-refractivity contribution in [1.29, 1.82) is 0 Å². The van der Waals surface area contributed by atoms with Gasteiger partial charge in [-0.25, -0.2) is 8.78 Å². The molecule has 0 aromatic heterocycles. The number of nitrogens with two attached hydrogens (primary N) is 1. The van der Waals surface area contributed by atoms with E-state index in [2.05, 4.69) is 0 Å². The van der Waals surface area contributed by atoms with Crippen LogP contribution in [0, 0.1) is 0 Å². The molecule has 0 bridgehead atoms. The Labute approximate surface area is 104 Å². The van der Waals surface area contributed by atoms with E-state index in [1.807, 2.05) is 0 Å². The lowest BCUT2D eigenvalue weighted by molar-refractivity contribution is -0.131. The van der Waals surface area contributed by atoms with E-state index in [-0.39, 0.29) is 18.8 Å². The third-order valence-corrected chi connectivity index (χ3v) is 2.00. The molecule has 6 heteroatoms. The number of rotatable bonds is 4. The summed E-state index contributed by atoms with van der Waals surface area (Å²) in [6.07, 6.45) is -2.81. The fourth-order valence-corrected chi connectivity index (χ4v) is 1.28. The lowest BCUT2D eigenvalue weighted by atomic mass is 10.1. The lowest BCUT2D eigenvalue weighted by Crippen LogP contribution is -2.13. The van der Waals surface area contributed by atoms with Crippen molar-refractivity contribution >= 4 is 18.4 Å². The highest BCUT2D eigenvalue weighted by molar-refractivity contribution is 5.85. The number of benzene rings is 1. The van der Waals surface area contributed by atoms with Crippen molar-refractivity contribution in [2.24, 2.45) is 5.73 Å². The fraction of sp³-hybridized carbons (Fsp3) is 0.364. The van der Waals surface area contributed by atoms with Crippen LogP contribution < -0.4 is 10.5 Å². The van der Waals surface area contributed by atoms with Gasteiger partial charge < -0.3 is 10.5 Å². The van der Waals surface area contributed by atoms with E-state index in [1.165, 1.54) is 19.1 Å². The molecule has 0 unspecified atom stereocenters. The molecule has 0 fully saturated rings. The molecule has 0 aliphatic carbocycles. The van der Waals surface area contributed by atoms with Crippen molar-refractivity contribution in [3.63, 3.8) is 0 Å². The van der Waals surface area contributed by atoms with Crippen LogP contribution in [0.25, 0.3) is 0 Å². The summed E-state index contributed by atoms with van der Waals surface area (Å²) >= 11 is 0. The molecular weight excluding hydrogens is 252 g/mol. The van der Waals surface area contributed by atoms with E-state index < -0.39 is 18.4 Å². The summed E-state index contributed by atoms with van der Waals surface area (Å²) in [6.45, 7) is 1.29. The van der Waals surface area contributed by atoms with Gasteiger partial charge in [0.05, 0.1) is 0 Å². The fourth-order valence-electron chi connectivity index (χ4n) is 1.28. The second-order valence-corrected chi connectivity index (χ2v) is 3.40. The molecule has 17 heavy (non-hydrogen) atoms. The molecule has 2 N–H and O–H groups in total. The van der Waals surface area contributed by atoms with Crippen molar-refractivity contribution < 1.29 is 18.3 Å². The van der Waals surface area contributed by atoms with E-state index in [9.17, 15) is 13.6 Å². The first-order valence-corrected chi connectivity index (χ1v) is 4.81. The smallest absolute Gasteiger partial charge is 0.308 e. The average Bonchev–Trinajstić information content (AvgIpc) is 2.16. The van der Waals surface area contributed by atoms with Crippen molar-refractivity contribution in [2.45, 2.75) is 25.8 Å². The number of carbonyl (C=O) groups excluding carboxylic acids is 1. The number of ether oxygens (including phenoxy) is 1. The zero-order valence-corrected chi connectivity index (χ0v) is 10.0. The Morgan fingerprint density at radius 1 is 1.35 bits per heavy atom. The number of hydrogen-bond acceptors (Lipinski definition) is 3. The first-order valence-electron chi connectivity index (χ1n) is 4.81. The molecule has 0 aliphatic rings. The maximum atomic E-state index is 12.1. The van der Waals surface area contributed by atoms with E-state index in [0.29, 0.717) is 11.3 Å². The van der Waals surface area contributed by atoms with Crippen LogP contribution in [0.4, 0.5) is 8.78 Å². The molecule has 0 saturated heterocycles. The average molecular weight is 266 g/mol. The van der Waals surface area contributed by atoms with Crippen LogP contribution in [-0.2, 0) is 4.79 Å². The van der Waals surface area contributed by atoms with Gasteiger partial charge in [0.1, 0.15) is 5.75 Å². The SMILES string of the molecule is CC(=O)Oc1ccc([C@H](N)CC(F)F)cc1.Cl. The summed E-state index contributed by atoms with van der Waals surface area (Å²) in [7, 11) is 0. The highest BCUT2D eigenvalue weighted by Gasteiger charge is 2.12. The Kier molecular flexibility index (Phi) is 6.68. The third kappa shape index (κ3) is 5.60. The minimum atomic E-state index is -2.43. The van der Waals surface area contributed by atoms with Crippen molar-refractivity contribution in [2.75, 3.05) is 0 Å². The Morgan fingerprint density at radius 2 is 1.88 bits per heavy atom. The predicted molar refractivity (Wildman–Crippen MR) is 62.5 cm³/mol. The Bertz CT molecular complexity index is 357. The molecule has 0 spiro atoms. The summed E-state index contributed by atoms with van der Waals surface area (Å²) < 4.78 is 28.9. The number of esters is 1. The van der Waals surface area contributed by atoms with Crippen LogP contribution in [0.3, 0.4) is 0 Å². The van der Waals surface area contributed by atoms with E-state index >= 15 is 0 Å². The molecule has 1 aromatic rings. The first-order chi connectivity index (χ1) is 7.49. The normalized spacial score (nSPS) is 11.8. The van der Waals surface area contributed by atoms with Gasteiger partial charge in [0, 0.05) is 19.4 Å². The monoisotopic (exact) mass is 265 g/mol. The zero-order chi connectivity index (χ0) is 12.1. The molecule has 0 radical (unpaired) electrons. The molecule has 0 aliphatic heterocycles. The first kappa shape index (κ1) is 15.8. The largest absolute Gasteiger partial charge is 0.427 e. The number of hydrogen-bond donors (Lipinski definition) is 1. The highest BCUT2D eigenvalue weighted by atomic mass is 35.5. The number of halogens is 3. The minimum absolute atomic E-state index is 0. The highest BCUT2D eigenvalue weighted by Crippen LogP contribution is 2.20. The summed E-state index contributed by atoms with van der Waals surface area (Å²) in [5.74, 6) is -0.0508. The summed E-state index contributed by atoms with van der Waals surface area (Å²) in [4.78, 5) is 10.6. The van der Waals surface area contributed by atoms with Crippen LogP contribution in [-0.4, -0.2) is 12.4 Å². The molecular formula is C11H14ClF2NO2. The maximum Gasteiger partial charge on any atom is 0.308 e. The van der Waals surface area contributed by atoms with Crippen LogP contribution >= 0.6 is 12.4 Å². The second-order valence-electron chi connectivity index (χ2n) is 3.40. The standard InChI is InChI=1S/C11H13F2NO2.ClH/c1-7(15)16-9-4-2-8(3-5-9)10(14)6-11(12)13;/h2-5,10-11H,6,14H2,1H3;1H/t10-;/m1./s1. The Balaban J connectivity index is 0.00000256. The Hall–Kier alpha value is -1.20. The molecule has 3 nitrogen and oxygen atoms in total. The van der Waals surface area contributed by atoms with Crippen LogP contribution in [0.2, 0.25) is 0 Å². The summed E-state index contributed by atoms with van der Waals surface area (Å²) in [6, 6.07) is 5.51. The van der Waals surface area contributed by atoms with Crippen LogP contribution in [0.15, 0.2) is 24.3 Å². The number of alkyl halides is 2. The van der Waals surface area contributed by atoms with E-state index in [4.69, 9.17) is 10.5 Å².